The van der Waals surface area contributed by atoms with E-state index in [0.717, 1.165) is 63.2 Å². The lowest BCUT2D eigenvalue weighted by atomic mass is 9.85. The molecule has 0 radical (unpaired) electrons. The summed E-state index contributed by atoms with van der Waals surface area (Å²) < 4.78 is 30.7. The van der Waals surface area contributed by atoms with Crippen molar-refractivity contribution in [2.75, 3.05) is 36.1 Å². The van der Waals surface area contributed by atoms with Crippen LogP contribution in [0.2, 0.25) is 0 Å². The number of aryl methyl sites for hydroxylation is 2. The topological polar surface area (TPSA) is 280 Å². The van der Waals surface area contributed by atoms with Crippen molar-refractivity contribution in [1.82, 2.24) is 45.4 Å². The van der Waals surface area contributed by atoms with Gasteiger partial charge in [0.15, 0.2) is 16.8 Å². The molecule has 430 valence electrons. The predicted molar refractivity (Wildman–Crippen MR) is 320 cm³/mol. The summed E-state index contributed by atoms with van der Waals surface area (Å²) in [5.74, 6) is -1.36. The van der Waals surface area contributed by atoms with Crippen molar-refractivity contribution in [2.45, 2.75) is 130 Å². The number of pyridine rings is 1. The number of carbonyl (C=O) groups is 4. The van der Waals surface area contributed by atoms with Crippen LogP contribution in [0.3, 0.4) is 0 Å². The molecule has 81 heavy (non-hydrogen) atoms. The fourth-order valence-electron chi connectivity index (χ4n) is 10.1. The number of fused-ring (bicyclic) bond motifs is 1. The Morgan fingerprint density at radius 2 is 1.70 bits per heavy atom. The normalized spacial score (nSPS) is 17.2. The van der Waals surface area contributed by atoms with Gasteiger partial charge in [0, 0.05) is 56.0 Å². The first kappa shape index (κ1) is 59.9. The van der Waals surface area contributed by atoms with Gasteiger partial charge in [-0.2, -0.15) is 0 Å². The first-order valence-electron chi connectivity index (χ1n) is 27.4. The van der Waals surface area contributed by atoms with Crippen molar-refractivity contribution in [1.29, 1.82) is 0 Å². The van der Waals surface area contributed by atoms with Gasteiger partial charge in [-0.15, -0.1) is 21.5 Å². The maximum Gasteiger partial charge on any atom is 0.284 e. The minimum atomic E-state index is -4.30. The Morgan fingerprint density at radius 1 is 0.963 bits per heavy atom. The molecule has 6 aromatic rings. The maximum absolute atomic E-state index is 14.3. The molecule has 0 bridgehead atoms. The minimum absolute atomic E-state index is 0.0116. The SMILES string of the molecule is CC(=NCC1CCCCC1)/C(=C\N)c1ccc(N(C)c2cc(C)c(Nc3nc4ccccc4s3)nn2)nc1C(=O)NS(=O)(=O)CCCCC(=O)N[C@H](C(=O)N1C[C@H](O)C[C@H]1C(=O)N[C@@H](C)c1ccc(-c2scnc2C)cc1)C(C)(C)C. The van der Waals surface area contributed by atoms with E-state index in [0.29, 0.717) is 40.5 Å². The number of carbonyl (C=O) groups excluding carboxylic acids is 4. The van der Waals surface area contributed by atoms with Gasteiger partial charge < -0.3 is 36.6 Å². The number of aliphatic imine (C=N–C) groups is 1. The fraction of sp³-hybridized carbons (Fsp3) is 0.448. The second kappa shape index (κ2) is 26.1. The fourth-order valence-corrected chi connectivity index (χ4v) is 12.9. The van der Waals surface area contributed by atoms with E-state index in [1.54, 1.807) is 74.7 Å². The molecule has 1 aliphatic carbocycles. The number of aliphatic hydroxyl groups is 1. The van der Waals surface area contributed by atoms with Gasteiger partial charge in [0.25, 0.3) is 5.91 Å². The highest BCUT2D eigenvalue weighted by molar-refractivity contribution is 7.90. The van der Waals surface area contributed by atoms with Gasteiger partial charge in [0.2, 0.25) is 27.7 Å². The van der Waals surface area contributed by atoms with Crippen LogP contribution >= 0.6 is 22.7 Å². The van der Waals surface area contributed by atoms with Crippen LogP contribution in [-0.2, 0) is 24.4 Å². The molecule has 4 aromatic heterocycles. The van der Waals surface area contributed by atoms with Crippen molar-refractivity contribution in [3.8, 4) is 10.4 Å². The highest BCUT2D eigenvalue weighted by Crippen LogP contribution is 2.33. The number of rotatable bonds is 21. The number of β-amino-alcohol motifs (C(OH)–C–C–N with tert-alkyl or cyclic N) is 1. The molecule has 1 saturated heterocycles. The quantitative estimate of drug-likeness (QED) is 0.0290. The molecule has 2 aromatic carbocycles. The molecule has 4 atom stereocenters. The van der Waals surface area contributed by atoms with E-state index < -0.39 is 69.0 Å². The van der Waals surface area contributed by atoms with Gasteiger partial charge in [-0.25, -0.2) is 28.1 Å². The first-order chi connectivity index (χ1) is 38.6. The summed E-state index contributed by atoms with van der Waals surface area (Å²) in [6, 6.07) is 18.3. The summed E-state index contributed by atoms with van der Waals surface area (Å²) in [6.45, 7) is 13.3. The van der Waals surface area contributed by atoms with Crippen LogP contribution in [0.5, 0.6) is 0 Å². The smallest absolute Gasteiger partial charge is 0.284 e. The highest BCUT2D eigenvalue weighted by atomic mass is 32.2. The zero-order valence-electron chi connectivity index (χ0n) is 47.2. The number of benzene rings is 2. The second-order valence-corrected chi connectivity index (χ2v) is 25.8. The summed E-state index contributed by atoms with van der Waals surface area (Å²) in [5, 5.41) is 29.4. The molecule has 5 heterocycles. The number of unbranched alkanes of at least 4 members (excludes halogenated alkanes) is 1. The van der Waals surface area contributed by atoms with E-state index in [1.807, 2.05) is 69.3 Å². The number of anilines is 4. The zero-order valence-corrected chi connectivity index (χ0v) is 49.6. The summed E-state index contributed by atoms with van der Waals surface area (Å²) in [6.07, 6.45) is 6.02. The van der Waals surface area contributed by atoms with E-state index in [4.69, 9.17) is 15.7 Å². The monoisotopic (exact) mass is 1160 g/mol. The van der Waals surface area contributed by atoms with E-state index >= 15 is 0 Å². The van der Waals surface area contributed by atoms with Gasteiger partial charge in [0.1, 0.15) is 23.6 Å². The molecule has 7 N–H and O–H groups in total. The van der Waals surface area contributed by atoms with Crippen molar-refractivity contribution in [3.63, 3.8) is 0 Å². The summed E-state index contributed by atoms with van der Waals surface area (Å²) in [7, 11) is -2.60. The van der Waals surface area contributed by atoms with E-state index in [-0.39, 0.29) is 49.3 Å². The number of sulfonamides is 1. The minimum Gasteiger partial charge on any atom is -0.404 e. The lowest BCUT2D eigenvalue weighted by Gasteiger charge is -2.35. The maximum atomic E-state index is 14.3. The Hall–Kier alpha value is -7.21. The van der Waals surface area contributed by atoms with Crippen LogP contribution in [0.4, 0.5) is 22.6 Å². The van der Waals surface area contributed by atoms with E-state index in [9.17, 15) is 32.7 Å². The number of allylic oxidation sites excluding steroid dienone is 1. The van der Waals surface area contributed by atoms with Gasteiger partial charge >= 0.3 is 0 Å². The standard InChI is InChI=1S/C58H73N13O7S3/c1-34-28-48(67-68-53(34)66-57-63-44-18-12-13-19-46(44)80-57)70(8)47-26-25-42(43(30-59)36(3)60-31-38-16-10-9-11-17-38)50(64-47)55(75)69-81(77,78)27-15-14-20-49(73)65-52(58(5,6)7)56(76)71-32-41(72)29-45(71)54(74)62-35(2)39-21-23-40(24-22-39)51-37(4)61-33-79-51/h12-13,18-19,21-26,28,30,33,35,38,41,45,52,72H,9-11,14-17,20,27,29,31-32,59H2,1-8H3,(H,62,74)(H,65,73)(H,69,75)(H,63,66,68)/b43-30+,60-36?/t35-,41+,45-,52+/m0/s1. The number of aliphatic hydroxyl groups excluding tert-OH is 1. The molecular formula is C58H73N13O7S3. The van der Waals surface area contributed by atoms with Gasteiger partial charge in [0.05, 0.1) is 44.2 Å². The molecule has 0 spiro atoms. The van der Waals surface area contributed by atoms with E-state index in [2.05, 4.69) is 40.8 Å². The summed E-state index contributed by atoms with van der Waals surface area (Å²) >= 11 is 3.04. The van der Waals surface area contributed by atoms with Gasteiger partial charge in [-0.05, 0) is 112 Å². The molecule has 2 fully saturated rings. The Kier molecular flexibility index (Phi) is 19.3. The van der Waals surface area contributed by atoms with Crippen LogP contribution in [-0.4, -0.2) is 117 Å². The molecule has 1 aliphatic heterocycles. The molecule has 0 unspecified atom stereocenters. The highest BCUT2D eigenvalue weighted by Gasteiger charge is 2.45. The third-order valence-electron chi connectivity index (χ3n) is 14.8. The third kappa shape index (κ3) is 15.0. The van der Waals surface area contributed by atoms with Gasteiger partial charge in [-0.1, -0.05) is 87.8 Å². The number of likely N-dealkylation sites (tertiary alicyclic amines) is 1. The van der Waals surface area contributed by atoms with Crippen LogP contribution in [0.15, 0.2) is 83.4 Å². The Labute approximate surface area is 481 Å². The Balaban J connectivity index is 0.906. The van der Waals surface area contributed by atoms with Crippen molar-refractivity contribution >= 4 is 100 Å². The molecular weight excluding hydrogens is 1090 g/mol. The van der Waals surface area contributed by atoms with Crippen LogP contribution in [0, 0.1) is 25.2 Å². The average Bonchev–Trinajstić information content (AvgIpc) is 4.26. The number of para-hydroxylation sites is 1. The number of nitrogens with one attached hydrogen (secondary N) is 4. The number of nitrogens with two attached hydrogens (primary N) is 1. The molecule has 4 amide bonds. The number of aromatic nitrogens is 5. The van der Waals surface area contributed by atoms with Crippen LogP contribution in [0.1, 0.15) is 131 Å². The summed E-state index contributed by atoms with van der Waals surface area (Å²) in [4.78, 5) is 78.6. The number of thiazole rings is 2. The van der Waals surface area contributed by atoms with Crippen molar-refractivity contribution in [2.24, 2.45) is 22.1 Å². The second-order valence-electron chi connectivity index (χ2n) is 22.1. The van der Waals surface area contributed by atoms with Crippen molar-refractivity contribution in [3.05, 3.63) is 107 Å². The third-order valence-corrected chi connectivity index (χ3v) is 18.1. The Morgan fingerprint density at radius 3 is 2.38 bits per heavy atom. The lowest BCUT2D eigenvalue weighted by Crippen LogP contribution is -2.57. The number of hydrogen-bond acceptors (Lipinski definition) is 18. The zero-order chi connectivity index (χ0) is 58.2. The number of nitrogens with zero attached hydrogens (tertiary/aromatic N) is 8. The van der Waals surface area contributed by atoms with Crippen LogP contribution < -0.4 is 31.3 Å². The molecule has 1 saturated carbocycles. The van der Waals surface area contributed by atoms with E-state index in [1.165, 1.54) is 28.9 Å². The number of amides is 4. The molecule has 2 aliphatic rings. The predicted octanol–water partition coefficient (Wildman–Crippen LogP) is 8.67. The number of hydrogen-bond donors (Lipinski definition) is 6. The average molecular weight is 1160 g/mol. The van der Waals surface area contributed by atoms with Gasteiger partial charge in [-0.3, -0.25) is 24.2 Å². The molecule has 8 rings (SSSR count). The Bertz CT molecular complexity index is 3390. The molecule has 20 nitrogen and oxygen atoms in total. The lowest BCUT2D eigenvalue weighted by molar-refractivity contribution is -0.144. The molecule has 23 heteroatoms. The largest absolute Gasteiger partial charge is 0.404 e. The van der Waals surface area contributed by atoms with Crippen LogP contribution in [0.25, 0.3) is 26.2 Å². The van der Waals surface area contributed by atoms with Crippen molar-refractivity contribution < 1.29 is 32.7 Å². The summed E-state index contributed by atoms with van der Waals surface area (Å²) in [5.41, 5.74) is 12.7. The first-order valence-corrected chi connectivity index (χ1v) is 30.7.